The second-order valence-electron chi connectivity index (χ2n) is 10.1. The van der Waals surface area contributed by atoms with Gasteiger partial charge in [-0.2, -0.15) is 5.10 Å². The van der Waals surface area contributed by atoms with Crippen LogP contribution in [0.2, 0.25) is 10.0 Å². The predicted molar refractivity (Wildman–Crippen MR) is 165 cm³/mol. The summed E-state index contributed by atoms with van der Waals surface area (Å²) in [5.74, 6) is 1.86. The minimum Gasteiger partial charge on any atom is -0.497 e. The Hall–Kier alpha value is -4.48. The van der Waals surface area contributed by atoms with Gasteiger partial charge in [-0.05, 0) is 54.1 Å². The van der Waals surface area contributed by atoms with E-state index < -0.39 is 6.03 Å². The van der Waals surface area contributed by atoms with Crippen LogP contribution in [0.15, 0.2) is 60.8 Å². The van der Waals surface area contributed by atoms with Gasteiger partial charge in [-0.1, -0.05) is 44.0 Å². The molecular weight excluding hydrogens is 581 g/mol. The van der Waals surface area contributed by atoms with Crippen LogP contribution >= 0.6 is 23.2 Å². The quantitative estimate of drug-likeness (QED) is 0.172. The normalized spacial score (nSPS) is 11.0. The number of carbonyl (C=O) groups is 2. The molecular formula is C29H31Cl2N7O4. The predicted octanol–water partition coefficient (Wildman–Crippen LogP) is 6.85. The number of methoxy groups -OCH3 is 1. The van der Waals surface area contributed by atoms with Gasteiger partial charge in [0.05, 0.1) is 29.2 Å². The zero-order valence-electron chi connectivity index (χ0n) is 23.7. The Labute approximate surface area is 253 Å². The monoisotopic (exact) mass is 611 g/mol. The number of halogens is 2. The van der Waals surface area contributed by atoms with Gasteiger partial charge >= 0.3 is 12.1 Å². The number of nitrogens with one attached hydrogen (secondary N) is 4. The van der Waals surface area contributed by atoms with Crippen LogP contribution in [0.5, 0.6) is 11.5 Å². The minimum absolute atomic E-state index is 0.111. The van der Waals surface area contributed by atoms with Gasteiger partial charge in [0, 0.05) is 24.7 Å². The van der Waals surface area contributed by atoms with Crippen molar-refractivity contribution in [3.05, 3.63) is 82.1 Å². The lowest BCUT2D eigenvalue weighted by molar-refractivity contribution is 0.253. The Morgan fingerprint density at radius 2 is 1.67 bits per heavy atom. The van der Waals surface area contributed by atoms with Crippen LogP contribution in [0.25, 0.3) is 5.69 Å². The van der Waals surface area contributed by atoms with Crippen molar-refractivity contribution in [2.45, 2.75) is 32.8 Å². The molecule has 0 saturated carbocycles. The van der Waals surface area contributed by atoms with Crippen LogP contribution < -0.4 is 30.7 Å². The van der Waals surface area contributed by atoms with Crippen molar-refractivity contribution < 1.29 is 19.1 Å². The van der Waals surface area contributed by atoms with E-state index in [1.807, 2.05) is 51.1 Å². The number of hydrogen-bond donors (Lipinski definition) is 4. The summed E-state index contributed by atoms with van der Waals surface area (Å²) in [6.45, 7) is 6.26. The second-order valence-corrected chi connectivity index (χ2v) is 10.9. The number of ether oxygens (including phenoxy) is 2. The molecule has 4 N–H and O–H groups in total. The van der Waals surface area contributed by atoms with Crippen LogP contribution in [-0.4, -0.2) is 41.0 Å². The molecule has 0 unspecified atom stereocenters. The number of pyridine rings is 1. The highest BCUT2D eigenvalue weighted by atomic mass is 35.5. The second kappa shape index (κ2) is 13.0. The smallest absolute Gasteiger partial charge is 0.324 e. The highest BCUT2D eigenvalue weighted by molar-refractivity contribution is 6.45. The topological polar surface area (TPSA) is 131 Å². The molecule has 11 nitrogen and oxygen atoms in total. The first-order valence-electron chi connectivity index (χ1n) is 12.9. The lowest BCUT2D eigenvalue weighted by Crippen LogP contribution is -2.25. The largest absolute Gasteiger partial charge is 0.497 e. The first kappa shape index (κ1) is 30.5. The average molecular weight is 613 g/mol. The van der Waals surface area contributed by atoms with Gasteiger partial charge in [0.2, 0.25) is 0 Å². The van der Waals surface area contributed by atoms with Gasteiger partial charge in [-0.25, -0.2) is 19.3 Å². The SMILES string of the molecule is CNC(=O)Nc1cc(COc2ccc(NC(=O)Nc3cc(C(C)(C)C)nn3-c3ccc(OC)cc3)c(Cl)c2Cl)ccn1. The molecule has 0 fully saturated rings. The Morgan fingerprint density at radius 1 is 0.929 bits per heavy atom. The van der Waals surface area contributed by atoms with Crippen molar-refractivity contribution in [1.82, 2.24) is 20.1 Å². The van der Waals surface area contributed by atoms with Crippen molar-refractivity contribution in [2.75, 3.05) is 30.1 Å². The van der Waals surface area contributed by atoms with E-state index in [0.717, 1.165) is 16.9 Å². The number of aromatic nitrogens is 3. The number of rotatable bonds is 8. The number of carbonyl (C=O) groups excluding carboxylic acids is 2. The fourth-order valence-electron chi connectivity index (χ4n) is 3.74. The summed E-state index contributed by atoms with van der Waals surface area (Å²) in [5, 5.41) is 15.6. The molecule has 0 atom stereocenters. The number of benzene rings is 2. The summed E-state index contributed by atoms with van der Waals surface area (Å²) in [6.07, 6.45) is 1.55. The van der Waals surface area contributed by atoms with E-state index in [1.165, 1.54) is 7.05 Å². The molecule has 42 heavy (non-hydrogen) atoms. The van der Waals surface area contributed by atoms with Crippen molar-refractivity contribution in [3.8, 4) is 17.2 Å². The summed E-state index contributed by atoms with van der Waals surface area (Å²) in [7, 11) is 3.11. The summed E-state index contributed by atoms with van der Waals surface area (Å²) in [5.41, 5.74) is 2.32. The molecule has 0 aliphatic rings. The number of nitrogens with zero attached hydrogens (tertiary/aromatic N) is 3. The molecule has 13 heteroatoms. The highest BCUT2D eigenvalue weighted by Gasteiger charge is 2.22. The third kappa shape index (κ3) is 7.42. The van der Waals surface area contributed by atoms with E-state index in [0.29, 0.717) is 28.8 Å². The number of hydrogen-bond acceptors (Lipinski definition) is 6. The van der Waals surface area contributed by atoms with Gasteiger partial charge in [0.25, 0.3) is 0 Å². The molecule has 220 valence electrons. The fourth-order valence-corrected chi connectivity index (χ4v) is 4.16. The minimum atomic E-state index is -0.537. The summed E-state index contributed by atoms with van der Waals surface area (Å²) in [6, 6.07) is 14.8. The Bertz CT molecular complexity index is 1580. The van der Waals surface area contributed by atoms with Gasteiger partial charge in [-0.15, -0.1) is 0 Å². The Balaban J connectivity index is 1.47. The zero-order valence-corrected chi connectivity index (χ0v) is 25.2. The van der Waals surface area contributed by atoms with Crippen LogP contribution in [0.1, 0.15) is 32.0 Å². The van der Waals surface area contributed by atoms with Gasteiger partial charge in [0.1, 0.15) is 34.8 Å². The van der Waals surface area contributed by atoms with Crippen molar-refractivity contribution in [1.29, 1.82) is 0 Å². The highest BCUT2D eigenvalue weighted by Crippen LogP contribution is 2.38. The summed E-state index contributed by atoms with van der Waals surface area (Å²) in [4.78, 5) is 28.7. The maximum Gasteiger partial charge on any atom is 0.324 e. The maximum atomic E-state index is 13.1. The van der Waals surface area contributed by atoms with E-state index in [9.17, 15) is 9.59 Å². The fraction of sp³-hybridized carbons (Fsp3) is 0.241. The molecule has 0 spiro atoms. The van der Waals surface area contributed by atoms with Gasteiger partial charge in [0.15, 0.2) is 0 Å². The lowest BCUT2D eigenvalue weighted by Gasteiger charge is -2.14. The molecule has 2 heterocycles. The molecule has 2 aromatic carbocycles. The van der Waals surface area contributed by atoms with E-state index in [-0.39, 0.29) is 28.1 Å². The number of urea groups is 2. The molecule has 0 aliphatic heterocycles. The van der Waals surface area contributed by atoms with Gasteiger partial charge < -0.3 is 20.1 Å². The van der Waals surface area contributed by atoms with Crippen LogP contribution in [0.4, 0.5) is 26.9 Å². The van der Waals surface area contributed by atoms with Crippen molar-refractivity contribution in [3.63, 3.8) is 0 Å². The molecule has 0 saturated heterocycles. The molecule has 4 amide bonds. The molecule has 2 aromatic heterocycles. The molecule has 4 aromatic rings. The van der Waals surface area contributed by atoms with Crippen LogP contribution in [0.3, 0.4) is 0 Å². The van der Waals surface area contributed by atoms with Crippen molar-refractivity contribution in [2.24, 2.45) is 0 Å². The third-order valence-corrected chi connectivity index (χ3v) is 6.88. The van der Waals surface area contributed by atoms with Crippen molar-refractivity contribution >= 4 is 52.6 Å². The molecule has 4 rings (SSSR count). The van der Waals surface area contributed by atoms with E-state index >= 15 is 0 Å². The summed E-state index contributed by atoms with van der Waals surface area (Å²) < 4.78 is 12.7. The first-order chi connectivity index (χ1) is 20.0. The van der Waals surface area contributed by atoms with E-state index in [4.69, 9.17) is 37.8 Å². The Kier molecular flexibility index (Phi) is 9.44. The number of amides is 4. The molecule has 0 radical (unpaired) electrons. The summed E-state index contributed by atoms with van der Waals surface area (Å²) >= 11 is 13.0. The average Bonchev–Trinajstić information content (AvgIpc) is 3.39. The Morgan fingerprint density at radius 3 is 2.33 bits per heavy atom. The van der Waals surface area contributed by atoms with Gasteiger partial charge in [-0.3, -0.25) is 10.6 Å². The molecule has 0 bridgehead atoms. The standard InChI is InChI=1S/C29H31Cl2N7O4/c1-29(2,3)22-15-24(38(37-22)18-6-8-19(41-5)9-7-18)36-28(40)34-20-10-11-21(26(31)25(20)30)42-16-17-12-13-33-23(14-17)35-27(39)32-4/h6-15H,16H2,1-5H3,(H2,34,36,40)(H2,32,33,35,39). The zero-order chi connectivity index (χ0) is 30.4. The lowest BCUT2D eigenvalue weighted by atomic mass is 9.92. The number of anilines is 3. The van der Waals surface area contributed by atoms with E-state index in [2.05, 4.69) is 26.3 Å². The van der Waals surface area contributed by atoms with Crippen LogP contribution in [0, 0.1) is 0 Å². The third-order valence-electron chi connectivity index (χ3n) is 6.02. The van der Waals surface area contributed by atoms with Crippen LogP contribution in [-0.2, 0) is 12.0 Å². The molecule has 0 aliphatic carbocycles. The maximum absolute atomic E-state index is 13.1. The van der Waals surface area contributed by atoms with E-state index in [1.54, 1.807) is 42.3 Å². The first-order valence-corrected chi connectivity index (χ1v) is 13.6.